The fraction of sp³-hybridized carbons (Fsp3) is 0.318. The van der Waals surface area contributed by atoms with Crippen molar-refractivity contribution in [3.63, 3.8) is 0 Å². The summed E-state index contributed by atoms with van der Waals surface area (Å²) in [6, 6.07) is 16.5. The van der Waals surface area contributed by atoms with Crippen molar-refractivity contribution in [3.05, 3.63) is 59.9 Å². The van der Waals surface area contributed by atoms with Crippen molar-refractivity contribution in [1.29, 1.82) is 5.26 Å². The number of aryl methyl sites for hydroxylation is 1. The first-order valence-electron chi connectivity index (χ1n) is 9.54. The van der Waals surface area contributed by atoms with Gasteiger partial charge in [0.2, 0.25) is 0 Å². The number of hydrogen-bond donors (Lipinski definition) is 0. The molecule has 4 rings (SSSR count). The zero-order chi connectivity index (χ0) is 18.6. The monoisotopic (exact) mass is 357 g/mol. The van der Waals surface area contributed by atoms with E-state index in [4.69, 9.17) is 4.98 Å². The van der Waals surface area contributed by atoms with Crippen LogP contribution in [-0.4, -0.2) is 36.1 Å². The van der Waals surface area contributed by atoms with Gasteiger partial charge >= 0.3 is 0 Å². The van der Waals surface area contributed by atoms with Gasteiger partial charge in [0, 0.05) is 49.1 Å². The summed E-state index contributed by atoms with van der Waals surface area (Å²) >= 11 is 0. The van der Waals surface area contributed by atoms with E-state index in [-0.39, 0.29) is 0 Å². The Hall–Kier alpha value is -3.13. The Morgan fingerprint density at radius 1 is 1.04 bits per heavy atom. The van der Waals surface area contributed by atoms with Gasteiger partial charge in [0.25, 0.3) is 0 Å². The highest BCUT2D eigenvalue weighted by Gasteiger charge is 2.20. The van der Waals surface area contributed by atoms with Crippen LogP contribution >= 0.6 is 0 Å². The van der Waals surface area contributed by atoms with E-state index in [1.807, 2.05) is 18.2 Å². The zero-order valence-electron chi connectivity index (χ0n) is 15.6. The second-order valence-electron chi connectivity index (χ2n) is 6.82. The molecule has 1 aliphatic rings. The van der Waals surface area contributed by atoms with E-state index in [2.05, 4.69) is 52.0 Å². The molecular formula is C22H23N5. The minimum Gasteiger partial charge on any atom is -0.369 e. The van der Waals surface area contributed by atoms with E-state index >= 15 is 0 Å². The fourth-order valence-corrected chi connectivity index (χ4v) is 3.76. The number of pyridine rings is 2. The van der Waals surface area contributed by atoms with Gasteiger partial charge in [0.05, 0.1) is 11.1 Å². The van der Waals surface area contributed by atoms with Crippen LogP contribution in [-0.2, 0) is 6.42 Å². The summed E-state index contributed by atoms with van der Waals surface area (Å²) in [5, 5.41) is 10.6. The molecule has 2 aromatic heterocycles. The van der Waals surface area contributed by atoms with Crippen LogP contribution in [0.4, 0.5) is 11.5 Å². The third-order valence-corrected chi connectivity index (χ3v) is 5.15. The average Bonchev–Trinajstić information content (AvgIpc) is 2.99. The van der Waals surface area contributed by atoms with Crippen molar-refractivity contribution in [1.82, 2.24) is 9.97 Å². The van der Waals surface area contributed by atoms with Crippen LogP contribution in [0.5, 0.6) is 0 Å². The van der Waals surface area contributed by atoms with E-state index in [9.17, 15) is 5.26 Å². The average molecular weight is 357 g/mol. The van der Waals surface area contributed by atoms with Crippen LogP contribution in [0.1, 0.15) is 24.6 Å². The van der Waals surface area contributed by atoms with Gasteiger partial charge in [-0.3, -0.25) is 4.98 Å². The van der Waals surface area contributed by atoms with Crippen LogP contribution in [0.15, 0.2) is 48.7 Å². The molecule has 1 saturated heterocycles. The maximum absolute atomic E-state index is 9.39. The normalized spacial score (nSPS) is 14.8. The highest BCUT2D eigenvalue weighted by Crippen LogP contribution is 2.28. The molecule has 0 bridgehead atoms. The topological polar surface area (TPSA) is 56.0 Å². The van der Waals surface area contributed by atoms with Crippen molar-refractivity contribution in [3.8, 4) is 6.07 Å². The molecule has 3 heterocycles. The molecule has 0 atom stereocenters. The number of rotatable bonds is 3. The number of fused-ring (bicyclic) bond motifs is 1. The summed E-state index contributed by atoms with van der Waals surface area (Å²) in [5.74, 6) is 0.802. The first-order chi connectivity index (χ1) is 13.3. The van der Waals surface area contributed by atoms with Gasteiger partial charge < -0.3 is 9.80 Å². The maximum Gasteiger partial charge on any atom is 0.146 e. The van der Waals surface area contributed by atoms with Gasteiger partial charge in [-0.15, -0.1) is 0 Å². The molecule has 0 saturated carbocycles. The van der Waals surface area contributed by atoms with E-state index in [1.165, 1.54) is 11.1 Å². The first kappa shape index (κ1) is 17.3. The van der Waals surface area contributed by atoms with Crippen LogP contribution < -0.4 is 9.80 Å². The van der Waals surface area contributed by atoms with Crippen molar-refractivity contribution in [2.45, 2.75) is 19.8 Å². The van der Waals surface area contributed by atoms with Crippen molar-refractivity contribution in [2.75, 3.05) is 36.0 Å². The largest absolute Gasteiger partial charge is 0.369 e. The molecule has 0 amide bonds. The molecule has 5 heteroatoms. The lowest BCUT2D eigenvalue weighted by molar-refractivity contribution is 0.797. The molecule has 1 aliphatic heterocycles. The molecule has 0 radical (unpaired) electrons. The summed E-state index contributed by atoms with van der Waals surface area (Å²) in [5.41, 5.74) is 4.10. The van der Waals surface area contributed by atoms with E-state index < -0.39 is 0 Å². The molecule has 0 unspecified atom stereocenters. The highest BCUT2D eigenvalue weighted by atomic mass is 15.2. The third kappa shape index (κ3) is 3.43. The molecule has 5 nitrogen and oxygen atoms in total. The quantitative estimate of drug-likeness (QED) is 0.714. The van der Waals surface area contributed by atoms with Gasteiger partial charge in [0.15, 0.2) is 0 Å². The van der Waals surface area contributed by atoms with Crippen LogP contribution in [0, 0.1) is 11.3 Å². The second kappa shape index (κ2) is 7.63. The molecule has 1 fully saturated rings. The zero-order valence-corrected chi connectivity index (χ0v) is 15.6. The Morgan fingerprint density at radius 3 is 2.70 bits per heavy atom. The lowest BCUT2D eigenvalue weighted by atomic mass is 10.1. The van der Waals surface area contributed by atoms with Gasteiger partial charge in [0.1, 0.15) is 11.9 Å². The number of nitrogens with zero attached hydrogens (tertiary/aromatic N) is 5. The Morgan fingerprint density at radius 2 is 1.85 bits per heavy atom. The molecular weight excluding hydrogens is 334 g/mol. The number of aromatic nitrogens is 2. The van der Waals surface area contributed by atoms with E-state index in [0.717, 1.165) is 56.0 Å². The van der Waals surface area contributed by atoms with Gasteiger partial charge in [-0.05, 0) is 37.1 Å². The van der Waals surface area contributed by atoms with Crippen LogP contribution in [0.2, 0.25) is 0 Å². The predicted octanol–water partition coefficient (Wildman–Crippen LogP) is 3.78. The summed E-state index contributed by atoms with van der Waals surface area (Å²) in [6.45, 7) is 5.80. The van der Waals surface area contributed by atoms with Gasteiger partial charge in [-0.2, -0.15) is 5.26 Å². The van der Waals surface area contributed by atoms with Crippen LogP contribution in [0.25, 0.3) is 10.9 Å². The number of para-hydroxylation sites is 1. The Labute approximate surface area is 159 Å². The summed E-state index contributed by atoms with van der Waals surface area (Å²) in [6.07, 6.45) is 3.72. The predicted molar refractivity (Wildman–Crippen MR) is 109 cm³/mol. The first-order valence-corrected chi connectivity index (χ1v) is 9.54. The Balaban J connectivity index is 1.64. The molecule has 0 aliphatic carbocycles. The number of nitriles is 1. The SMILES string of the molecule is CCc1cc(N2CCCN(c3ncccc3C#N)CC2)c2ccccc2n1. The smallest absolute Gasteiger partial charge is 0.146 e. The summed E-state index contributed by atoms with van der Waals surface area (Å²) in [7, 11) is 0. The van der Waals surface area contributed by atoms with E-state index in [0.29, 0.717) is 5.56 Å². The van der Waals surface area contributed by atoms with Crippen molar-refractivity contribution >= 4 is 22.4 Å². The highest BCUT2D eigenvalue weighted by molar-refractivity contribution is 5.92. The molecule has 136 valence electrons. The minimum absolute atomic E-state index is 0.647. The molecule has 0 spiro atoms. The molecule has 1 aromatic carbocycles. The molecule has 27 heavy (non-hydrogen) atoms. The second-order valence-corrected chi connectivity index (χ2v) is 6.82. The lowest BCUT2D eigenvalue weighted by Crippen LogP contribution is -2.31. The van der Waals surface area contributed by atoms with Crippen LogP contribution in [0.3, 0.4) is 0 Å². The Kier molecular flexibility index (Phi) is 4.88. The lowest BCUT2D eigenvalue weighted by Gasteiger charge is -2.26. The standard InChI is InChI=1S/C22H23N5/c1-2-18-15-21(19-8-3-4-9-20(19)25-18)26-11-6-12-27(14-13-26)22-17(16-23)7-5-10-24-22/h3-5,7-10,15H,2,6,11-14H2,1H3. The number of hydrogen-bond acceptors (Lipinski definition) is 5. The van der Waals surface area contributed by atoms with Gasteiger partial charge in [-0.25, -0.2) is 4.98 Å². The van der Waals surface area contributed by atoms with Gasteiger partial charge in [-0.1, -0.05) is 25.1 Å². The molecule has 0 N–H and O–H groups in total. The summed E-state index contributed by atoms with van der Waals surface area (Å²) < 4.78 is 0. The van der Waals surface area contributed by atoms with E-state index in [1.54, 1.807) is 6.20 Å². The third-order valence-electron chi connectivity index (χ3n) is 5.15. The van der Waals surface area contributed by atoms with Crippen molar-refractivity contribution < 1.29 is 0 Å². The maximum atomic E-state index is 9.39. The van der Waals surface area contributed by atoms with Crippen molar-refractivity contribution in [2.24, 2.45) is 0 Å². The molecule has 3 aromatic rings. The number of benzene rings is 1. The Bertz CT molecular complexity index is 991. The minimum atomic E-state index is 0.647. The fourth-order valence-electron chi connectivity index (χ4n) is 3.76. The number of anilines is 2. The summed E-state index contributed by atoms with van der Waals surface area (Å²) in [4.78, 5) is 13.9.